The molecular weight excluding hydrogens is 344 g/mol. The number of ether oxygens (including phenoxy) is 2. The molecule has 1 aromatic carbocycles. The van der Waals surface area contributed by atoms with Crippen molar-refractivity contribution in [2.75, 3.05) is 33.9 Å². The minimum atomic E-state index is -3.67. The molecule has 1 saturated heterocycles. The van der Waals surface area contributed by atoms with Gasteiger partial charge in [-0.15, -0.1) is 12.4 Å². The summed E-state index contributed by atoms with van der Waals surface area (Å²) in [5.74, 6) is -0.360. The molecule has 23 heavy (non-hydrogen) atoms. The highest BCUT2D eigenvalue weighted by atomic mass is 35.5. The Kier molecular flexibility index (Phi) is 6.82. The minimum Gasteiger partial charge on any atom is -0.496 e. The largest absolute Gasteiger partial charge is 0.496 e. The van der Waals surface area contributed by atoms with Crippen molar-refractivity contribution >= 4 is 28.4 Å². The molecule has 130 valence electrons. The monoisotopic (exact) mass is 364 g/mol. The van der Waals surface area contributed by atoms with E-state index in [0.717, 1.165) is 0 Å². The Balaban J connectivity index is 0.00000264. The zero-order chi connectivity index (χ0) is 16.3. The highest BCUT2D eigenvalue weighted by molar-refractivity contribution is 7.89. The highest BCUT2D eigenvalue weighted by Gasteiger charge is 2.31. The Labute approximate surface area is 142 Å². The Morgan fingerprint density at radius 2 is 2.04 bits per heavy atom. The van der Waals surface area contributed by atoms with Crippen molar-refractivity contribution in [2.24, 2.45) is 0 Å². The Morgan fingerprint density at radius 1 is 1.35 bits per heavy atom. The number of esters is 1. The molecule has 0 radical (unpaired) electrons. The maximum absolute atomic E-state index is 12.8. The van der Waals surface area contributed by atoms with E-state index >= 15 is 0 Å². The van der Waals surface area contributed by atoms with Gasteiger partial charge < -0.3 is 14.8 Å². The molecule has 1 heterocycles. The van der Waals surface area contributed by atoms with E-state index in [2.05, 4.69) is 10.1 Å². The molecule has 1 aromatic rings. The van der Waals surface area contributed by atoms with E-state index in [9.17, 15) is 13.2 Å². The maximum Gasteiger partial charge on any atom is 0.341 e. The molecular formula is C14H21ClN2O5S. The van der Waals surface area contributed by atoms with E-state index in [1.807, 2.05) is 6.92 Å². The molecule has 1 N–H and O–H groups in total. The van der Waals surface area contributed by atoms with Crippen LogP contribution >= 0.6 is 12.4 Å². The summed E-state index contributed by atoms with van der Waals surface area (Å²) in [7, 11) is -1.02. The second kappa shape index (κ2) is 7.96. The predicted octanol–water partition coefficient (Wildman–Crippen LogP) is 0.886. The average molecular weight is 365 g/mol. The van der Waals surface area contributed by atoms with Crippen LogP contribution in [0.15, 0.2) is 23.1 Å². The minimum absolute atomic E-state index is 0. The summed E-state index contributed by atoms with van der Waals surface area (Å²) < 4.78 is 36.7. The third-order valence-corrected chi connectivity index (χ3v) is 5.63. The van der Waals surface area contributed by atoms with Gasteiger partial charge in [0.2, 0.25) is 10.0 Å². The number of nitrogens with zero attached hydrogens (tertiary/aromatic N) is 1. The summed E-state index contributed by atoms with van der Waals surface area (Å²) in [6.07, 6.45) is 0. The first-order valence-corrected chi connectivity index (χ1v) is 8.34. The number of benzene rings is 1. The lowest BCUT2D eigenvalue weighted by Gasteiger charge is -2.32. The number of hydrogen-bond donors (Lipinski definition) is 1. The average Bonchev–Trinajstić information content (AvgIpc) is 2.53. The van der Waals surface area contributed by atoms with Crippen LogP contribution in [0.4, 0.5) is 0 Å². The summed E-state index contributed by atoms with van der Waals surface area (Å²) in [6.45, 7) is 3.43. The van der Waals surface area contributed by atoms with Crippen LogP contribution in [0.3, 0.4) is 0 Å². The fourth-order valence-corrected chi connectivity index (χ4v) is 4.09. The Hall–Kier alpha value is -1.35. The fourth-order valence-electron chi connectivity index (χ4n) is 2.43. The Morgan fingerprint density at radius 3 is 2.61 bits per heavy atom. The van der Waals surface area contributed by atoms with Crippen molar-refractivity contribution in [2.45, 2.75) is 17.9 Å². The SMILES string of the molecule is COC(=O)c1cc(S(=O)(=O)N2CCNCC2C)ccc1OC.Cl. The number of piperazine rings is 1. The van der Waals surface area contributed by atoms with Gasteiger partial charge in [0.25, 0.3) is 0 Å². The van der Waals surface area contributed by atoms with Crippen molar-refractivity contribution in [1.29, 1.82) is 0 Å². The molecule has 0 amide bonds. The highest BCUT2D eigenvalue weighted by Crippen LogP contribution is 2.26. The number of carbonyl (C=O) groups is 1. The normalized spacial score (nSPS) is 18.8. The molecule has 1 fully saturated rings. The zero-order valence-electron chi connectivity index (χ0n) is 13.2. The van der Waals surface area contributed by atoms with Gasteiger partial charge >= 0.3 is 5.97 Å². The predicted molar refractivity (Wildman–Crippen MR) is 87.8 cm³/mol. The summed E-state index contributed by atoms with van der Waals surface area (Å²) in [5, 5.41) is 3.14. The molecule has 0 saturated carbocycles. The number of carbonyl (C=O) groups excluding carboxylic acids is 1. The van der Waals surface area contributed by atoms with E-state index in [4.69, 9.17) is 4.74 Å². The lowest BCUT2D eigenvalue weighted by Crippen LogP contribution is -2.52. The van der Waals surface area contributed by atoms with E-state index in [-0.39, 0.29) is 34.7 Å². The number of halogens is 1. The second-order valence-corrected chi connectivity index (χ2v) is 6.91. The van der Waals surface area contributed by atoms with Gasteiger partial charge in [0.05, 0.1) is 19.1 Å². The van der Waals surface area contributed by atoms with Crippen LogP contribution in [0, 0.1) is 0 Å². The summed E-state index contributed by atoms with van der Waals surface area (Å²) in [5.41, 5.74) is 0.0915. The number of rotatable bonds is 4. The van der Waals surface area contributed by atoms with Crippen LogP contribution in [0.1, 0.15) is 17.3 Å². The van der Waals surface area contributed by atoms with Gasteiger partial charge in [0.15, 0.2) is 0 Å². The second-order valence-electron chi connectivity index (χ2n) is 5.02. The molecule has 0 aromatic heterocycles. The third kappa shape index (κ3) is 3.95. The maximum atomic E-state index is 12.8. The Bertz CT molecular complexity index is 665. The molecule has 1 aliphatic heterocycles. The molecule has 0 spiro atoms. The van der Waals surface area contributed by atoms with Crippen LogP contribution in [0.2, 0.25) is 0 Å². The fraction of sp³-hybridized carbons (Fsp3) is 0.500. The van der Waals surface area contributed by atoms with Gasteiger partial charge in [-0.25, -0.2) is 13.2 Å². The summed E-state index contributed by atoms with van der Waals surface area (Å²) in [6, 6.07) is 4.05. The van der Waals surface area contributed by atoms with Gasteiger partial charge in [0, 0.05) is 25.7 Å². The van der Waals surface area contributed by atoms with Crippen molar-refractivity contribution < 1.29 is 22.7 Å². The number of methoxy groups -OCH3 is 2. The summed E-state index contributed by atoms with van der Waals surface area (Å²) in [4.78, 5) is 11.9. The van der Waals surface area contributed by atoms with Crippen molar-refractivity contribution in [3.8, 4) is 5.75 Å². The number of sulfonamides is 1. The first-order valence-electron chi connectivity index (χ1n) is 6.90. The first-order chi connectivity index (χ1) is 10.4. The smallest absolute Gasteiger partial charge is 0.341 e. The molecule has 7 nitrogen and oxygen atoms in total. The van der Waals surface area contributed by atoms with Crippen LogP contribution in [0.25, 0.3) is 0 Å². The van der Waals surface area contributed by atoms with Crippen molar-refractivity contribution in [1.82, 2.24) is 9.62 Å². The van der Waals surface area contributed by atoms with Crippen LogP contribution < -0.4 is 10.1 Å². The lowest BCUT2D eigenvalue weighted by atomic mass is 10.2. The quantitative estimate of drug-likeness (QED) is 0.798. The third-order valence-electron chi connectivity index (χ3n) is 3.62. The number of nitrogens with one attached hydrogen (secondary N) is 1. The van der Waals surface area contributed by atoms with Crippen molar-refractivity contribution in [3.05, 3.63) is 23.8 Å². The van der Waals surface area contributed by atoms with Crippen molar-refractivity contribution in [3.63, 3.8) is 0 Å². The van der Waals surface area contributed by atoms with Crippen LogP contribution in [-0.4, -0.2) is 58.6 Å². The zero-order valence-corrected chi connectivity index (χ0v) is 14.9. The van der Waals surface area contributed by atoms with Gasteiger partial charge in [-0.2, -0.15) is 4.31 Å². The standard InChI is InChI=1S/C14H20N2O5S.ClH/c1-10-9-15-6-7-16(10)22(18,19)11-4-5-13(20-2)12(8-11)14(17)21-3;/h4-5,8,10,15H,6-7,9H2,1-3H3;1H. The van der Waals surface area contributed by atoms with Gasteiger partial charge in [0.1, 0.15) is 11.3 Å². The van der Waals surface area contributed by atoms with Gasteiger partial charge in [-0.3, -0.25) is 0 Å². The number of hydrogen-bond acceptors (Lipinski definition) is 6. The van der Waals surface area contributed by atoms with Crippen LogP contribution in [0.5, 0.6) is 5.75 Å². The first kappa shape index (κ1) is 19.7. The van der Waals surface area contributed by atoms with E-state index in [1.54, 1.807) is 0 Å². The molecule has 2 rings (SSSR count). The lowest BCUT2D eigenvalue weighted by molar-refractivity contribution is 0.0597. The van der Waals surface area contributed by atoms with E-state index in [0.29, 0.717) is 19.6 Å². The van der Waals surface area contributed by atoms with E-state index < -0.39 is 16.0 Å². The molecule has 9 heteroatoms. The topological polar surface area (TPSA) is 84.9 Å². The van der Waals surface area contributed by atoms with E-state index in [1.165, 1.54) is 36.7 Å². The molecule has 0 bridgehead atoms. The molecule has 0 aliphatic carbocycles. The molecule has 1 atom stereocenters. The molecule has 1 unspecified atom stereocenters. The van der Waals surface area contributed by atoms with Crippen LogP contribution in [-0.2, 0) is 14.8 Å². The van der Waals surface area contributed by atoms with Gasteiger partial charge in [-0.1, -0.05) is 0 Å². The summed E-state index contributed by atoms with van der Waals surface area (Å²) >= 11 is 0. The van der Waals surface area contributed by atoms with Gasteiger partial charge in [-0.05, 0) is 25.1 Å². The molecule has 1 aliphatic rings.